The maximum atomic E-state index is 13.3. The molecule has 3 heterocycles. The zero-order valence-corrected chi connectivity index (χ0v) is 22.2. The molecule has 0 atom stereocenters. The minimum atomic E-state index is -0.525. The summed E-state index contributed by atoms with van der Waals surface area (Å²) in [6.07, 6.45) is 4.91. The van der Waals surface area contributed by atoms with Gasteiger partial charge in [0.05, 0.1) is 12.8 Å². The van der Waals surface area contributed by atoms with Gasteiger partial charge in [-0.3, -0.25) is 9.69 Å². The van der Waals surface area contributed by atoms with E-state index >= 15 is 0 Å². The Morgan fingerprint density at radius 2 is 1.93 bits per heavy atom. The zero-order valence-electron chi connectivity index (χ0n) is 22.2. The predicted octanol–water partition coefficient (Wildman–Crippen LogP) is 2.96. The van der Waals surface area contributed by atoms with Crippen molar-refractivity contribution < 1.29 is 18.9 Å². The van der Waals surface area contributed by atoms with Gasteiger partial charge in [-0.1, -0.05) is 42.0 Å². The maximum absolute atomic E-state index is 13.3. The lowest BCUT2D eigenvalue weighted by Crippen LogP contribution is -2.31. The smallest absolute Gasteiger partial charge is 0.292 e. The standard InChI is InChI=1S/C27H31N9O4/c1-2-38-23-15-20(11-12-22(23)39-18-19-9-5-3-6-10-19)16-29-31-27(37)24-21(17-35-13-7-4-8-14-35)30-34-36(24)26-25(28)32-40-33-26/h3,5-6,9-12,15-16H,2,4,7-8,13-14,17-18H2,1H3,(H2,28,32)(H,31,37)/b29-16-. The summed E-state index contributed by atoms with van der Waals surface area (Å²) in [6, 6.07) is 15.3. The molecule has 0 aliphatic carbocycles. The molecule has 1 aliphatic heterocycles. The van der Waals surface area contributed by atoms with Crippen LogP contribution in [0, 0.1) is 0 Å². The summed E-state index contributed by atoms with van der Waals surface area (Å²) in [5.41, 5.74) is 10.8. The third kappa shape index (κ3) is 6.43. The first-order chi connectivity index (χ1) is 19.6. The number of ether oxygens (including phenoxy) is 2. The van der Waals surface area contributed by atoms with Gasteiger partial charge in [-0.25, -0.2) is 10.1 Å². The van der Waals surface area contributed by atoms with E-state index in [1.807, 2.05) is 49.4 Å². The molecule has 208 valence electrons. The maximum Gasteiger partial charge on any atom is 0.292 e. The van der Waals surface area contributed by atoms with E-state index in [9.17, 15) is 4.79 Å². The number of rotatable bonds is 11. The topological polar surface area (TPSA) is 159 Å². The summed E-state index contributed by atoms with van der Waals surface area (Å²) >= 11 is 0. The average Bonchev–Trinajstić information content (AvgIpc) is 3.59. The van der Waals surface area contributed by atoms with E-state index in [1.165, 1.54) is 17.3 Å². The minimum absolute atomic E-state index is 0.00926. The van der Waals surface area contributed by atoms with E-state index in [4.69, 9.17) is 19.8 Å². The number of nitrogens with zero attached hydrogens (tertiary/aromatic N) is 7. The summed E-state index contributed by atoms with van der Waals surface area (Å²) in [6.45, 7) is 5.09. The van der Waals surface area contributed by atoms with Crippen molar-refractivity contribution in [3.63, 3.8) is 0 Å². The molecule has 13 nitrogen and oxygen atoms in total. The highest BCUT2D eigenvalue weighted by Gasteiger charge is 2.26. The molecule has 40 heavy (non-hydrogen) atoms. The Bertz CT molecular complexity index is 1450. The van der Waals surface area contributed by atoms with Gasteiger partial charge in [0, 0.05) is 6.54 Å². The van der Waals surface area contributed by atoms with E-state index < -0.39 is 5.91 Å². The van der Waals surface area contributed by atoms with Crippen molar-refractivity contribution in [3.05, 3.63) is 71.0 Å². The number of anilines is 1. The zero-order chi connectivity index (χ0) is 27.7. The Kier molecular flexibility index (Phi) is 8.61. The van der Waals surface area contributed by atoms with Gasteiger partial charge in [-0.05, 0) is 72.5 Å². The van der Waals surface area contributed by atoms with Crippen molar-refractivity contribution in [2.75, 3.05) is 25.4 Å². The number of aromatic nitrogens is 5. The van der Waals surface area contributed by atoms with Crippen LogP contribution in [-0.2, 0) is 13.2 Å². The number of nitrogens with one attached hydrogen (secondary N) is 1. The van der Waals surface area contributed by atoms with Crippen LogP contribution in [0.15, 0.2) is 58.3 Å². The van der Waals surface area contributed by atoms with Gasteiger partial charge in [-0.15, -0.1) is 5.10 Å². The lowest BCUT2D eigenvalue weighted by Gasteiger charge is -2.25. The highest BCUT2D eigenvalue weighted by Crippen LogP contribution is 2.29. The SMILES string of the molecule is CCOc1cc(/C=N\NC(=O)c2c(CN3CCCCC3)nnn2-c2nonc2N)ccc1OCc1ccccc1. The van der Waals surface area contributed by atoms with Gasteiger partial charge in [0.15, 0.2) is 17.2 Å². The molecule has 2 aromatic carbocycles. The quantitative estimate of drug-likeness (QED) is 0.212. The number of piperidine rings is 1. The molecule has 13 heteroatoms. The Morgan fingerprint density at radius 1 is 1.10 bits per heavy atom. The summed E-state index contributed by atoms with van der Waals surface area (Å²) in [5, 5.41) is 19.9. The number of likely N-dealkylation sites (tertiary alicyclic amines) is 1. The van der Waals surface area contributed by atoms with Gasteiger partial charge in [0.1, 0.15) is 12.3 Å². The van der Waals surface area contributed by atoms with Crippen LogP contribution in [0.2, 0.25) is 0 Å². The summed E-state index contributed by atoms with van der Waals surface area (Å²) in [7, 11) is 0. The van der Waals surface area contributed by atoms with E-state index in [1.54, 1.807) is 6.07 Å². The Labute approximate surface area is 230 Å². The Morgan fingerprint density at radius 3 is 2.67 bits per heavy atom. The Hall–Kier alpha value is -4.78. The van der Waals surface area contributed by atoms with Gasteiger partial charge in [-0.2, -0.15) is 9.78 Å². The van der Waals surface area contributed by atoms with Crippen LogP contribution < -0.4 is 20.6 Å². The second kappa shape index (κ2) is 12.8. The molecule has 0 bridgehead atoms. The molecule has 1 aliphatic rings. The average molecular weight is 546 g/mol. The number of amides is 1. The molecule has 1 fully saturated rings. The number of nitrogens with two attached hydrogens (primary N) is 1. The third-order valence-electron chi connectivity index (χ3n) is 6.36. The van der Waals surface area contributed by atoms with E-state index in [0.717, 1.165) is 31.5 Å². The molecule has 1 amide bonds. The number of benzene rings is 2. The molecule has 0 saturated carbocycles. The van der Waals surface area contributed by atoms with Crippen molar-refractivity contribution in [1.82, 2.24) is 35.6 Å². The third-order valence-corrected chi connectivity index (χ3v) is 6.36. The van der Waals surface area contributed by atoms with Crippen LogP contribution in [0.4, 0.5) is 5.82 Å². The number of carbonyl (C=O) groups is 1. The second-order valence-corrected chi connectivity index (χ2v) is 9.22. The number of hydrazone groups is 1. The van der Waals surface area contributed by atoms with Crippen LogP contribution >= 0.6 is 0 Å². The van der Waals surface area contributed by atoms with Gasteiger partial charge < -0.3 is 15.2 Å². The highest BCUT2D eigenvalue weighted by molar-refractivity contribution is 5.95. The number of hydrogen-bond acceptors (Lipinski definition) is 11. The number of hydrogen-bond donors (Lipinski definition) is 2. The molecule has 0 unspecified atom stereocenters. The molecule has 3 N–H and O–H groups in total. The van der Waals surface area contributed by atoms with Crippen LogP contribution in [0.1, 0.15) is 53.5 Å². The molecule has 5 rings (SSSR count). The minimum Gasteiger partial charge on any atom is -0.490 e. The predicted molar refractivity (Wildman–Crippen MR) is 146 cm³/mol. The lowest BCUT2D eigenvalue weighted by atomic mass is 10.1. The monoisotopic (exact) mass is 545 g/mol. The second-order valence-electron chi connectivity index (χ2n) is 9.22. The summed E-state index contributed by atoms with van der Waals surface area (Å²) in [4.78, 5) is 15.6. The van der Waals surface area contributed by atoms with E-state index in [-0.39, 0.29) is 17.3 Å². The molecule has 1 saturated heterocycles. The first-order valence-electron chi connectivity index (χ1n) is 13.1. The molecule has 2 aromatic heterocycles. The first-order valence-corrected chi connectivity index (χ1v) is 13.1. The largest absolute Gasteiger partial charge is 0.490 e. The van der Waals surface area contributed by atoms with Crippen molar-refractivity contribution in [1.29, 1.82) is 0 Å². The fraction of sp³-hybridized carbons (Fsp3) is 0.333. The van der Waals surface area contributed by atoms with Crippen LogP contribution in [0.5, 0.6) is 11.5 Å². The van der Waals surface area contributed by atoms with Crippen LogP contribution in [-0.4, -0.2) is 62.0 Å². The normalized spacial score (nSPS) is 13.9. The number of nitrogen functional groups attached to an aromatic ring is 1. The van der Waals surface area contributed by atoms with E-state index in [2.05, 4.69) is 36.1 Å². The van der Waals surface area contributed by atoms with Crippen molar-refractivity contribution in [2.45, 2.75) is 39.3 Å². The van der Waals surface area contributed by atoms with Gasteiger partial charge >= 0.3 is 0 Å². The first kappa shape index (κ1) is 26.8. The molecular formula is C27H31N9O4. The van der Waals surface area contributed by atoms with E-state index in [0.29, 0.717) is 42.5 Å². The fourth-order valence-electron chi connectivity index (χ4n) is 4.41. The lowest BCUT2D eigenvalue weighted by molar-refractivity contribution is 0.0944. The van der Waals surface area contributed by atoms with Crippen LogP contribution in [0.3, 0.4) is 0 Å². The van der Waals surface area contributed by atoms with Crippen molar-refractivity contribution in [2.24, 2.45) is 5.10 Å². The summed E-state index contributed by atoms with van der Waals surface area (Å²) < 4.78 is 17.7. The fourth-order valence-corrected chi connectivity index (χ4v) is 4.41. The molecule has 0 spiro atoms. The van der Waals surface area contributed by atoms with Crippen LogP contribution in [0.25, 0.3) is 5.82 Å². The van der Waals surface area contributed by atoms with Crippen molar-refractivity contribution >= 4 is 17.9 Å². The molecule has 0 radical (unpaired) electrons. The summed E-state index contributed by atoms with van der Waals surface area (Å²) in [5.74, 6) is 0.740. The van der Waals surface area contributed by atoms with Crippen molar-refractivity contribution in [3.8, 4) is 17.3 Å². The molecular weight excluding hydrogens is 514 g/mol. The van der Waals surface area contributed by atoms with Gasteiger partial charge in [0.2, 0.25) is 11.6 Å². The molecule has 4 aromatic rings. The Balaban J connectivity index is 1.31. The highest BCUT2D eigenvalue weighted by atomic mass is 16.6. The van der Waals surface area contributed by atoms with Gasteiger partial charge in [0.25, 0.3) is 5.91 Å². The number of carbonyl (C=O) groups excluding carboxylic acids is 1.